The minimum atomic E-state index is -0.537. The van der Waals surface area contributed by atoms with Gasteiger partial charge in [-0.05, 0) is 57.8 Å². The van der Waals surface area contributed by atoms with Crippen molar-refractivity contribution in [2.45, 2.75) is 116 Å². The van der Waals surface area contributed by atoms with E-state index in [1.54, 1.807) is 0 Å². The Labute approximate surface area is 222 Å². The van der Waals surface area contributed by atoms with E-state index in [0.717, 1.165) is 64.2 Å². The first-order valence-electron chi connectivity index (χ1n) is 14.4. The van der Waals surface area contributed by atoms with Crippen LogP contribution < -0.4 is 0 Å². The maximum Gasteiger partial charge on any atom is 0.306 e. The van der Waals surface area contributed by atoms with Crippen LogP contribution in [-0.2, 0) is 14.3 Å². The monoisotopic (exact) mass is 502 g/mol. The summed E-state index contributed by atoms with van der Waals surface area (Å²) >= 11 is 0. The number of aliphatic hydroxyl groups is 1. The number of allylic oxidation sites excluding steroid dienone is 10. The summed E-state index contributed by atoms with van der Waals surface area (Å²) in [5, 5.41) is 9.31. The number of esters is 1. The largest absolute Gasteiger partial charge is 0.457 e. The molecular formula is C32H54O4. The summed E-state index contributed by atoms with van der Waals surface area (Å²) in [5.74, 6) is -0.246. The second-order valence-electron chi connectivity index (χ2n) is 9.09. The van der Waals surface area contributed by atoms with Crippen molar-refractivity contribution in [2.24, 2.45) is 0 Å². The van der Waals surface area contributed by atoms with Crippen LogP contribution in [0.1, 0.15) is 110 Å². The van der Waals surface area contributed by atoms with E-state index in [1.807, 2.05) is 6.92 Å². The summed E-state index contributed by atoms with van der Waals surface area (Å²) in [6.07, 6.45) is 37.6. The SMILES string of the molecule is CC/C=C\C/C=C\C/C=C\C/C=C\C/C=C\CCCCCCCCOCC(CO)OC(=O)CCCC. The highest BCUT2D eigenvalue weighted by atomic mass is 16.6. The molecule has 0 aliphatic heterocycles. The van der Waals surface area contributed by atoms with Gasteiger partial charge in [0, 0.05) is 13.0 Å². The van der Waals surface area contributed by atoms with Gasteiger partial charge in [0.15, 0.2) is 0 Å². The minimum absolute atomic E-state index is 0.185. The summed E-state index contributed by atoms with van der Waals surface area (Å²) in [5.41, 5.74) is 0. The van der Waals surface area contributed by atoms with Crippen molar-refractivity contribution in [3.8, 4) is 0 Å². The van der Waals surface area contributed by atoms with Crippen molar-refractivity contribution in [1.29, 1.82) is 0 Å². The average molecular weight is 503 g/mol. The number of ether oxygens (including phenoxy) is 2. The van der Waals surface area contributed by atoms with Gasteiger partial charge in [-0.1, -0.05) is 107 Å². The second-order valence-corrected chi connectivity index (χ2v) is 9.09. The predicted molar refractivity (Wildman–Crippen MR) is 154 cm³/mol. The number of hydrogen-bond acceptors (Lipinski definition) is 4. The zero-order valence-corrected chi connectivity index (χ0v) is 23.3. The van der Waals surface area contributed by atoms with Gasteiger partial charge in [-0.2, -0.15) is 0 Å². The van der Waals surface area contributed by atoms with Crippen molar-refractivity contribution >= 4 is 5.97 Å². The zero-order chi connectivity index (χ0) is 26.4. The van der Waals surface area contributed by atoms with Crippen LogP contribution in [-0.4, -0.2) is 37.0 Å². The smallest absolute Gasteiger partial charge is 0.306 e. The third-order valence-electron chi connectivity index (χ3n) is 5.61. The fraction of sp³-hybridized carbons (Fsp3) is 0.656. The molecule has 0 fully saturated rings. The highest BCUT2D eigenvalue weighted by Gasteiger charge is 2.13. The number of carbonyl (C=O) groups excluding carboxylic acids is 1. The lowest BCUT2D eigenvalue weighted by atomic mass is 10.1. The summed E-state index contributed by atoms with van der Waals surface area (Å²) in [4.78, 5) is 11.6. The molecule has 1 atom stereocenters. The third kappa shape index (κ3) is 26.7. The van der Waals surface area contributed by atoms with Gasteiger partial charge in [-0.15, -0.1) is 0 Å². The number of rotatable bonds is 25. The van der Waals surface area contributed by atoms with Crippen LogP contribution in [0.15, 0.2) is 60.8 Å². The molecule has 0 aromatic rings. The molecule has 0 bridgehead atoms. The number of hydrogen-bond donors (Lipinski definition) is 1. The van der Waals surface area contributed by atoms with Crippen molar-refractivity contribution < 1.29 is 19.4 Å². The first-order valence-corrected chi connectivity index (χ1v) is 14.4. The van der Waals surface area contributed by atoms with Crippen LogP contribution in [0.3, 0.4) is 0 Å². The third-order valence-corrected chi connectivity index (χ3v) is 5.61. The molecule has 1 N–H and O–H groups in total. The van der Waals surface area contributed by atoms with Gasteiger partial charge in [0.2, 0.25) is 0 Å². The van der Waals surface area contributed by atoms with Crippen LogP contribution in [0.5, 0.6) is 0 Å². The van der Waals surface area contributed by atoms with Gasteiger partial charge in [-0.25, -0.2) is 0 Å². The molecule has 0 aromatic heterocycles. The first-order chi connectivity index (χ1) is 17.7. The van der Waals surface area contributed by atoms with E-state index in [2.05, 4.69) is 67.7 Å². The van der Waals surface area contributed by atoms with Crippen molar-refractivity contribution in [3.05, 3.63) is 60.8 Å². The molecule has 0 spiro atoms. The molecule has 1 unspecified atom stereocenters. The first kappa shape index (κ1) is 34.1. The molecule has 0 saturated heterocycles. The van der Waals surface area contributed by atoms with Crippen molar-refractivity contribution in [1.82, 2.24) is 0 Å². The van der Waals surface area contributed by atoms with E-state index in [4.69, 9.17) is 9.47 Å². The molecule has 0 saturated carbocycles. The van der Waals surface area contributed by atoms with Crippen LogP contribution in [0.2, 0.25) is 0 Å². The molecule has 0 heterocycles. The normalized spacial score (nSPS) is 13.3. The fourth-order valence-corrected chi connectivity index (χ4v) is 3.45. The van der Waals surface area contributed by atoms with Crippen molar-refractivity contribution in [2.75, 3.05) is 19.8 Å². The van der Waals surface area contributed by atoms with E-state index in [0.29, 0.717) is 13.0 Å². The predicted octanol–water partition coefficient (Wildman–Crippen LogP) is 8.58. The van der Waals surface area contributed by atoms with E-state index < -0.39 is 6.10 Å². The van der Waals surface area contributed by atoms with Crippen LogP contribution in [0.4, 0.5) is 0 Å². The zero-order valence-electron chi connectivity index (χ0n) is 23.3. The molecular weight excluding hydrogens is 448 g/mol. The Hall–Kier alpha value is -1.91. The van der Waals surface area contributed by atoms with Gasteiger partial charge in [-0.3, -0.25) is 4.79 Å². The molecule has 206 valence electrons. The molecule has 0 radical (unpaired) electrons. The lowest BCUT2D eigenvalue weighted by molar-refractivity contribution is -0.154. The Morgan fingerprint density at radius 2 is 1.22 bits per heavy atom. The second kappa shape index (κ2) is 29.3. The molecule has 0 aromatic carbocycles. The van der Waals surface area contributed by atoms with Gasteiger partial charge in [0.25, 0.3) is 0 Å². The number of unbranched alkanes of at least 4 members (excludes halogenated alkanes) is 7. The summed E-state index contributed by atoms with van der Waals surface area (Å²) in [6.45, 7) is 4.94. The van der Waals surface area contributed by atoms with Crippen LogP contribution in [0.25, 0.3) is 0 Å². The van der Waals surface area contributed by atoms with Crippen molar-refractivity contribution in [3.63, 3.8) is 0 Å². The molecule has 0 amide bonds. The highest BCUT2D eigenvalue weighted by Crippen LogP contribution is 2.08. The lowest BCUT2D eigenvalue weighted by Crippen LogP contribution is -2.27. The highest BCUT2D eigenvalue weighted by molar-refractivity contribution is 5.69. The van der Waals surface area contributed by atoms with Gasteiger partial charge >= 0.3 is 5.97 Å². The molecule has 36 heavy (non-hydrogen) atoms. The maximum atomic E-state index is 11.6. The Morgan fingerprint density at radius 1 is 0.694 bits per heavy atom. The summed E-state index contributed by atoms with van der Waals surface area (Å²) in [6, 6.07) is 0. The number of carbonyl (C=O) groups is 1. The minimum Gasteiger partial charge on any atom is -0.457 e. The quantitative estimate of drug-likeness (QED) is 0.0771. The maximum absolute atomic E-state index is 11.6. The summed E-state index contributed by atoms with van der Waals surface area (Å²) in [7, 11) is 0. The molecule has 0 aliphatic carbocycles. The standard InChI is InChI=1S/C32H54O4/c1-3-5-7-8-9-10-11-12-13-14-15-16-17-18-19-20-21-22-23-24-25-26-28-35-30-31(29-33)36-32(34)27-6-4-2/h5,7,9-10,12-13,15-16,18-19,31,33H,3-4,6,8,11,14,17,20-30H2,1-2H3/b7-5-,10-9-,13-12-,16-15-,19-18-. The van der Waals surface area contributed by atoms with Crippen LogP contribution in [0, 0.1) is 0 Å². The van der Waals surface area contributed by atoms with E-state index in [1.165, 1.54) is 25.7 Å². The number of aliphatic hydroxyl groups excluding tert-OH is 1. The Kier molecular flexibility index (Phi) is 27.8. The van der Waals surface area contributed by atoms with Gasteiger partial charge in [0.1, 0.15) is 6.10 Å². The fourth-order valence-electron chi connectivity index (χ4n) is 3.45. The van der Waals surface area contributed by atoms with E-state index in [-0.39, 0.29) is 19.2 Å². The molecule has 0 aliphatic rings. The average Bonchev–Trinajstić information content (AvgIpc) is 2.89. The van der Waals surface area contributed by atoms with E-state index >= 15 is 0 Å². The Bertz CT molecular complexity index is 616. The molecule has 4 heteroatoms. The Balaban J connectivity index is 3.46. The van der Waals surface area contributed by atoms with E-state index in [9.17, 15) is 9.90 Å². The summed E-state index contributed by atoms with van der Waals surface area (Å²) < 4.78 is 10.8. The molecule has 4 nitrogen and oxygen atoms in total. The molecule has 0 rings (SSSR count). The Morgan fingerprint density at radius 3 is 1.78 bits per heavy atom. The van der Waals surface area contributed by atoms with Gasteiger partial charge in [0.05, 0.1) is 13.2 Å². The lowest BCUT2D eigenvalue weighted by Gasteiger charge is -2.15. The van der Waals surface area contributed by atoms with Crippen LogP contribution >= 0.6 is 0 Å². The topological polar surface area (TPSA) is 55.8 Å². The van der Waals surface area contributed by atoms with Gasteiger partial charge < -0.3 is 14.6 Å².